The Morgan fingerprint density at radius 2 is 1.84 bits per heavy atom. The Labute approximate surface area is 180 Å². The van der Waals surface area contributed by atoms with Crippen LogP contribution in [0.2, 0.25) is 0 Å². The number of nitrogens with zero attached hydrogens (tertiary/aromatic N) is 2. The molecular weight excluding hydrogens is 394 g/mol. The molecule has 2 atom stereocenters. The van der Waals surface area contributed by atoms with Crippen molar-refractivity contribution in [2.45, 2.75) is 31.3 Å². The van der Waals surface area contributed by atoms with Crippen LogP contribution in [-0.2, 0) is 9.53 Å². The smallest absolute Gasteiger partial charge is 0.253 e. The quantitative estimate of drug-likeness (QED) is 0.686. The predicted molar refractivity (Wildman–Crippen MR) is 115 cm³/mol. The van der Waals surface area contributed by atoms with Gasteiger partial charge in [-0.3, -0.25) is 9.59 Å². The average Bonchev–Trinajstić information content (AvgIpc) is 3.42. The minimum absolute atomic E-state index is 0.0393. The van der Waals surface area contributed by atoms with Gasteiger partial charge in [-0.25, -0.2) is 4.98 Å². The molecule has 2 aromatic carbocycles. The van der Waals surface area contributed by atoms with Crippen LogP contribution in [-0.4, -0.2) is 54.0 Å². The van der Waals surface area contributed by atoms with E-state index >= 15 is 0 Å². The van der Waals surface area contributed by atoms with Crippen LogP contribution in [0.4, 0.5) is 0 Å². The summed E-state index contributed by atoms with van der Waals surface area (Å²) in [6.45, 7) is 1.19. The molecule has 1 aromatic heterocycles. The van der Waals surface area contributed by atoms with Crippen molar-refractivity contribution < 1.29 is 18.7 Å². The topological polar surface area (TPSA) is 84.7 Å². The summed E-state index contributed by atoms with van der Waals surface area (Å²) in [6, 6.07) is 15.2. The summed E-state index contributed by atoms with van der Waals surface area (Å²) in [5.74, 6) is 0.541. The zero-order chi connectivity index (χ0) is 21.4. The van der Waals surface area contributed by atoms with E-state index in [1.165, 1.54) is 0 Å². The molecule has 2 unspecified atom stereocenters. The molecule has 1 aliphatic heterocycles. The van der Waals surface area contributed by atoms with Gasteiger partial charge in [-0.2, -0.15) is 0 Å². The highest BCUT2D eigenvalue weighted by atomic mass is 16.5. The number of amides is 2. The monoisotopic (exact) mass is 419 g/mol. The Morgan fingerprint density at radius 1 is 1.06 bits per heavy atom. The summed E-state index contributed by atoms with van der Waals surface area (Å²) >= 11 is 0. The van der Waals surface area contributed by atoms with Crippen LogP contribution in [0.1, 0.15) is 29.6 Å². The second kappa shape index (κ2) is 8.15. The third-order valence-electron chi connectivity index (χ3n) is 6.30. The van der Waals surface area contributed by atoms with Crippen molar-refractivity contribution in [1.29, 1.82) is 0 Å². The first-order valence-corrected chi connectivity index (χ1v) is 10.7. The van der Waals surface area contributed by atoms with E-state index in [-0.39, 0.29) is 29.8 Å². The molecule has 2 fully saturated rings. The third-order valence-corrected chi connectivity index (χ3v) is 6.30. The van der Waals surface area contributed by atoms with Crippen molar-refractivity contribution in [2.24, 2.45) is 5.92 Å². The number of nitrogens with one attached hydrogen (secondary N) is 1. The number of hydrogen-bond acceptors (Lipinski definition) is 5. The number of carbonyl (C=O) groups excluding carboxylic acids is 2. The van der Waals surface area contributed by atoms with Gasteiger partial charge in [0.25, 0.3) is 5.91 Å². The van der Waals surface area contributed by atoms with Gasteiger partial charge in [0.15, 0.2) is 5.58 Å². The van der Waals surface area contributed by atoms with Crippen molar-refractivity contribution in [2.75, 3.05) is 20.3 Å². The van der Waals surface area contributed by atoms with Gasteiger partial charge in [0.1, 0.15) is 5.52 Å². The van der Waals surface area contributed by atoms with E-state index in [0.717, 1.165) is 29.5 Å². The van der Waals surface area contributed by atoms with Gasteiger partial charge in [0.05, 0.1) is 19.3 Å². The highest BCUT2D eigenvalue weighted by Gasteiger charge is 2.35. The van der Waals surface area contributed by atoms with Gasteiger partial charge in [-0.1, -0.05) is 12.1 Å². The number of oxazole rings is 1. The number of hydrogen-bond donors (Lipinski definition) is 1. The number of para-hydroxylation sites is 2. The van der Waals surface area contributed by atoms with Gasteiger partial charge in [-0.05, 0) is 55.7 Å². The second-order valence-electron chi connectivity index (χ2n) is 8.39. The molecule has 2 aliphatic rings. The molecule has 0 bridgehead atoms. The van der Waals surface area contributed by atoms with E-state index in [1.807, 2.05) is 43.4 Å². The van der Waals surface area contributed by atoms with Crippen LogP contribution >= 0.6 is 0 Å². The van der Waals surface area contributed by atoms with Crippen LogP contribution < -0.4 is 5.32 Å². The Morgan fingerprint density at radius 3 is 2.55 bits per heavy atom. The summed E-state index contributed by atoms with van der Waals surface area (Å²) in [5.41, 5.74) is 2.99. The van der Waals surface area contributed by atoms with Crippen LogP contribution in [0.3, 0.4) is 0 Å². The number of carbonyl (C=O) groups is 2. The molecule has 31 heavy (non-hydrogen) atoms. The molecule has 1 saturated heterocycles. The van der Waals surface area contributed by atoms with Crippen molar-refractivity contribution >= 4 is 22.9 Å². The predicted octanol–water partition coefficient (Wildman–Crippen LogP) is 3.25. The van der Waals surface area contributed by atoms with E-state index < -0.39 is 0 Å². The first kappa shape index (κ1) is 19.8. The molecule has 1 saturated carbocycles. The molecule has 5 rings (SSSR count). The zero-order valence-corrected chi connectivity index (χ0v) is 17.4. The minimum Gasteiger partial charge on any atom is -0.436 e. The maximum absolute atomic E-state index is 13.0. The van der Waals surface area contributed by atoms with Gasteiger partial charge in [0.2, 0.25) is 11.8 Å². The first-order valence-electron chi connectivity index (χ1n) is 10.7. The Bertz CT molecular complexity index is 1070. The number of benzene rings is 2. The average molecular weight is 419 g/mol. The lowest BCUT2D eigenvalue weighted by molar-refractivity contribution is -0.129. The molecule has 2 heterocycles. The molecule has 1 N–H and O–H groups in total. The maximum Gasteiger partial charge on any atom is 0.253 e. The molecular formula is C24H25N3O4. The van der Waals surface area contributed by atoms with Gasteiger partial charge >= 0.3 is 0 Å². The fourth-order valence-corrected chi connectivity index (χ4v) is 4.31. The highest BCUT2D eigenvalue weighted by Crippen LogP contribution is 2.30. The number of fused-ring (bicyclic) bond motifs is 1. The van der Waals surface area contributed by atoms with E-state index in [2.05, 4.69) is 10.3 Å². The fraction of sp³-hybridized carbons (Fsp3) is 0.375. The Balaban J connectivity index is 1.23. The standard InChI is InChI=1S/C24H25N3O4/c1-27(19-11-10-17(12-19)22(28)25-18-13-30-14-18)24(29)16-8-6-15(7-9-16)23-26-20-4-2-3-5-21(20)31-23/h2-9,17-19H,10-14H2,1H3,(H,25,28). The third kappa shape index (κ3) is 3.93. The van der Waals surface area contributed by atoms with Crippen molar-refractivity contribution in [3.8, 4) is 11.5 Å². The second-order valence-corrected chi connectivity index (χ2v) is 8.39. The summed E-state index contributed by atoms with van der Waals surface area (Å²) in [5, 5.41) is 3.03. The van der Waals surface area contributed by atoms with Crippen LogP contribution in [0.5, 0.6) is 0 Å². The van der Waals surface area contributed by atoms with E-state index in [9.17, 15) is 9.59 Å². The number of rotatable bonds is 5. The van der Waals surface area contributed by atoms with E-state index in [0.29, 0.717) is 31.1 Å². The lowest BCUT2D eigenvalue weighted by atomic mass is 10.1. The first-order chi connectivity index (χ1) is 15.1. The SMILES string of the molecule is CN(C(=O)c1ccc(-c2nc3ccccc3o2)cc1)C1CCC(C(=O)NC2COC2)C1. The lowest BCUT2D eigenvalue weighted by Crippen LogP contribution is -2.50. The normalized spacial score (nSPS) is 21.1. The Kier molecular flexibility index (Phi) is 5.19. The highest BCUT2D eigenvalue weighted by molar-refractivity contribution is 5.95. The van der Waals surface area contributed by atoms with Crippen LogP contribution in [0, 0.1) is 5.92 Å². The molecule has 7 nitrogen and oxygen atoms in total. The van der Waals surface area contributed by atoms with Crippen molar-refractivity contribution in [1.82, 2.24) is 15.2 Å². The zero-order valence-electron chi connectivity index (χ0n) is 17.4. The van der Waals surface area contributed by atoms with Gasteiger partial charge in [0, 0.05) is 30.1 Å². The molecule has 0 radical (unpaired) electrons. The molecule has 7 heteroatoms. The van der Waals surface area contributed by atoms with Gasteiger partial charge in [-0.15, -0.1) is 0 Å². The summed E-state index contributed by atoms with van der Waals surface area (Å²) in [7, 11) is 1.82. The van der Waals surface area contributed by atoms with Crippen molar-refractivity contribution in [3.63, 3.8) is 0 Å². The fourth-order valence-electron chi connectivity index (χ4n) is 4.31. The summed E-state index contributed by atoms with van der Waals surface area (Å²) in [6.07, 6.45) is 2.34. The summed E-state index contributed by atoms with van der Waals surface area (Å²) < 4.78 is 10.9. The molecule has 0 spiro atoms. The number of aromatic nitrogens is 1. The molecule has 2 amide bonds. The van der Waals surface area contributed by atoms with E-state index in [1.54, 1.807) is 17.0 Å². The van der Waals surface area contributed by atoms with Gasteiger partial charge < -0.3 is 19.4 Å². The molecule has 160 valence electrons. The van der Waals surface area contributed by atoms with Crippen LogP contribution in [0.25, 0.3) is 22.6 Å². The maximum atomic E-state index is 13.0. The number of ether oxygens (including phenoxy) is 1. The van der Waals surface area contributed by atoms with Crippen LogP contribution in [0.15, 0.2) is 52.9 Å². The summed E-state index contributed by atoms with van der Waals surface area (Å²) in [4.78, 5) is 31.7. The molecule has 1 aliphatic carbocycles. The lowest BCUT2D eigenvalue weighted by Gasteiger charge is -2.28. The minimum atomic E-state index is -0.0395. The van der Waals surface area contributed by atoms with Crippen molar-refractivity contribution in [3.05, 3.63) is 54.1 Å². The largest absolute Gasteiger partial charge is 0.436 e. The Hall–Kier alpha value is -3.19. The molecule has 3 aromatic rings. The van der Waals surface area contributed by atoms with E-state index in [4.69, 9.17) is 9.15 Å².